The van der Waals surface area contributed by atoms with Crippen molar-refractivity contribution in [1.29, 1.82) is 0 Å². The number of nitrogens with one attached hydrogen (secondary N) is 1. The lowest BCUT2D eigenvalue weighted by Gasteiger charge is -2.33. The van der Waals surface area contributed by atoms with Crippen molar-refractivity contribution in [3.05, 3.63) is 34.4 Å². The number of hydrogen-bond acceptors (Lipinski definition) is 6. The van der Waals surface area contributed by atoms with Gasteiger partial charge in [0, 0.05) is 38.3 Å². The lowest BCUT2D eigenvalue weighted by Crippen LogP contribution is -2.51. The van der Waals surface area contributed by atoms with E-state index in [1.807, 2.05) is 11.8 Å². The number of sulfonamides is 1. The summed E-state index contributed by atoms with van der Waals surface area (Å²) in [6, 6.07) is 5.46. The van der Waals surface area contributed by atoms with Crippen molar-refractivity contribution >= 4 is 21.6 Å². The van der Waals surface area contributed by atoms with Crippen LogP contribution in [-0.4, -0.2) is 67.2 Å². The van der Waals surface area contributed by atoms with Gasteiger partial charge in [0.1, 0.15) is 0 Å². The zero-order valence-corrected chi connectivity index (χ0v) is 16.4. The van der Waals surface area contributed by atoms with Crippen LogP contribution in [0.4, 0.5) is 5.69 Å². The van der Waals surface area contributed by atoms with Gasteiger partial charge in [0.05, 0.1) is 11.5 Å². The summed E-state index contributed by atoms with van der Waals surface area (Å²) in [5.74, 6) is -0.0778. The second-order valence-electron chi connectivity index (χ2n) is 6.66. The van der Waals surface area contributed by atoms with Crippen molar-refractivity contribution < 1.29 is 18.1 Å². The topological polar surface area (TPSA) is 113 Å². The van der Waals surface area contributed by atoms with Crippen LogP contribution in [0.1, 0.15) is 26.7 Å². The maximum absolute atomic E-state index is 12.8. The molecule has 0 radical (unpaired) electrons. The Bertz CT molecular complexity index is 775. The lowest BCUT2D eigenvalue weighted by atomic mass is 10.2. The highest BCUT2D eigenvalue weighted by atomic mass is 32.2. The molecule has 10 heteroatoms. The number of carbonyl (C=O) groups is 1. The summed E-state index contributed by atoms with van der Waals surface area (Å²) < 4.78 is 26.8. The molecule has 1 aliphatic rings. The SMILES string of the molecule is CCC[C@@H](C)NC(=O)CN1CCN(S(=O)(=O)c2ccccc2[N+](=O)[O-])CC1. The number of nitrogens with zero attached hydrogens (tertiary/aromatic N) is 3. The quantitative estimate of drug-likeness (QED) is 0.520. The van der Waals surface area contributed by atoms with Crippen LogP contribution in [0.5, 0.6) is 0 Å². The van der Waals surface area contributed by atoms with E-state index in [1.165, 1.54) is 28.6 Å². The van der Waals surface area contributed by atoms with E-state index < -0.39 is 20.6 Å². The summed E-state index contributed by atoms with van der Waals surface area (Å²) in [7, 11) is -3.95. The van der Waals surface area contributed by atoms with E-state index in [0.29, 0.717) is 13.1 Å². The molecule has 1 N–H and O–H groups in total. The van der Waals surface area contributed by atoms with Crippen molar-refractivity contribution in [3.8, 4) is 0 Å². The first kappa shape index (κ1) is 21.3. The minimum atomic E-state index is -3.95. The van der Waals surface area contributed by atoms with Crippen molar-refractivity contribution in [3.63, 3.8) is 0 Å². The summed E-state index contributed by atoms with van der Waals surface area (Å²) in [4.78, 5) is 24.1. The zero-order chi connectivity index (χ0) is 20.0. The molecule has 0 aliphatic carbocycles. The second-order valence-corrected chi connectivity index (χ2v) is 8.57. The molecule has 27 heavy (non-hydrogen) atoms. The monoisotopic (exact) mass is 398 g/mol. The summed E-state index contributed by atoms with van der Waals surface area (Å²) >= 11 is 0. The molecule has 1 fully saturated rings. The normalized spacial score (nSPS) is 17.4. The van der Waals surface area contributed by atoms with Crippen LogP contribution < -0.4 is 5.32 Å². The minimum Gasteiger partial charge on any atom is -0.353 e. The predicted molar refractivity (Wildman–Crippen MR) is 101 cm³/mol. The number of benzene rings is 1. The molecule has 1 heterocycles. The van der Waals surface area contributed by atoms with Gasteiger partial charge in [0.2, 0.25) is 15.9 Å². The number of piperazine rings is 1. The van der Waals surface area contributed by atoms with Crippen molar-refractivity contribution in [1.82, 2.24) is 14.5 Å². The average molecular weight is 398 g/mol. The molecule has 150 valence electrons. The summed E-state index contributed by atoms with van der Waals surface area (Å²) in [6.07, 6.45) is 1.90. The third-order valence-corrected chi connectivity index (χ3v) is 6.45. The van der Waals surface area contributed by atoms with E-state index in [2.05, 4.69) is 12.2 Å². The van der Waals surface area contributed by atoms with Gasteiger partial charge in [-0.1, -0.05) is 25.5 Å². The Morgan fingerprint density at radius 2 is 1.89 bits per heavy atom. The van der Waals surface area contributed by atoms with Crippen LogP contribution in [0.3, 0.4) is 0 Å². The highest BCUT2D eigenvalue weighted by molar-refractivity contribution is 7.89. The molecule has 0 aromatic heterocycles. The van der Waals surface area contributed by atoms with Crippen LogP contribution in [0, 0.1) is 10.1 Å². The van der Waals surface area contributed by atoms with Gasteiger partial charge in [-0.25, -0.2) is 8.42 Å². The molecule has 1 atom stereocenters. The maximum atomic E-state index is 12.8. The molecular weight excluding hydrogens is 372 g/mol. The van der Waals surface area contributed by atoms with Crippen molar-refractivity contribution in [2.24, 2.45) is 0 Å². The van der Waals surface area contributed by atoms with E-state index in [0.717, 1.165) is 12.8 Å². The fourth-order valence-electron chi connectivity index (χ4n) is 3.12. The first-order valence-corrected chi connectivity index (χ1v) is 10.4. The number of para-hydroxylation sites is 1. The van der Waals surface area contributed by atoms with E-state index in [9.17, 15) is 23.3 Å². The minimum absolute atomic E-state index is 0.0778. The largest absolute Gasteiger partial charge is 0.353 e. The molecule has 1 aliphatic heterocycles. The Hall–Kier alpha value is -2.04. The number of hydrogen-bond donors (Lipinski definition) is 1. The van der Waals surface area contributed by atoms with Crippen LogP contribution in [0.2, 0.25) is 0 Å². The van der Waals surface area contributed by atoms with Crippen LogP contribution in [0.15, 0.2) is 29.2 Å². The van der Waals surface area contributed by atoms with E-state index in [1.54, 1.807) is 0 Å². The molecule has 2 rings (SSSR count). The third-order valence-electron chi connectivity index (χ3n) is 4.51. The zero-order valence-electron chi connectivity index (χ0n) is 15.6. The Balaban J connectivity index is 1.97. The van der Waals surface area contributed by atoms with Crippen molar-refractivity contribution in [2.75, 3.05) is 32.7 Å². The van der Waals surface area contributed by atoms with Gasteiger partial charge in [0.15, 0.2) is 4.90 Å². The maximum Gasteiger partial charge on any atom is 0.289 e. The number of amides is 1. The Morgan fingerprint density at radius 3 is 2.48 bits per heavy atom. The molecule has 1 aromatic carbocycles. The van der Waals surface area contributed by atoms with Crippen LogP contribution in [-0.2, 0) is 14.8 Å². The average Bonchev–Trinajstić information content (AvgIpc) is 2.62. The molecule has 0 spiro atoms. The second kappa shape index (κ2) is 9.25. The molecule has 0 bridgehead atoms. The third kappa shape index (κ3) is 5.47. The molecule has 1 saturated heterocycles. The van der Waals surface area contributed by atoms with E-state index >= 15 is 0 Å². The number of nitro benzene ring substituents is 1. The van der Waals surface area contributed by atoms with Crippen LogP contribution >= 0.6 is 0 Å². The molecular formula is C17H26N4O5S. The molecule has 0 saturated carbocycles. The molecule has 0 unspecified atom stereocenters. The standard InChI is InChI=1S/C17H26N4O5S/c1-3-6-14(2)18-17(22)13-19-9-11-20(12-10-19)27(25,26)16-8-5-4-7-15(16)21(23)24/h4-5,7-8,14H,3,6,9-13H2,1-2H3,(H,18,22)/t14-/m1/s1. The molecule has 1 amide bonds. The predicted octanol–water partition coefficient (Wildman–Crippen LogP) is 1.21. The summed E-state index contributed by atoms with van der Waals surface area (Å²) in [5.41, 5.74) is -0.427. The Labute approximate surface area is 159 Å². The number of nitro groups is 1. The van der Waals surface area contributed by atoms with Crippen molar-refractivity contribution in [2.45, 2.75) is 37.6 Å². The highest BCUT2D eigenvalue weighted by Crippen LogP contribution is 2.26. The van der Waals surface area contributed by atoms with Gasteiger partial charge >= 0.3 is 0 Å². The van der Waals surface area contributed by atoms with E-state index in [-0.39, 0.29) is 36.5 Å². The van der Waals surface area contributed by atoms with Gasteiger partial charge in [0.25, 0.3) is 5.69 Å². The van der Waals surface area contributed by atoms with Gasteiger partial charge in [-0.3, -0.25) is 19.8 Å². The van der Waals surface area contributed by atoms with Gasteiger partial charge < -0.3 is 5.32 Å². The van der Waals surface area contributed by atoms with Crippen LogP contribution in [0.25, 0.3) is 0 Å². The Kier molecular flexibility index (Phi) is 7.28. The molecule has 9 nitrogen and oxygen atoms in total. The number of rotatable bonds is 8. The number of carbonyl (C=O) groups excluding carboxylic acids is 1. The van der Waals surface area contributed by atoms with Gasteiger partial charge in [-0.2, -0.15) is 4.31 Å². The first-order chi connectivity index (χ1) is 12.8. The highest BCUT2D eigenvalue weighted by Gasteiger charge is 2.33. The fraction of sp³-hybridized carbons (Fsp3) is 0.588. The summed E-state index contributed by atoms with van der Waals surface area (Å²) in [6.45, 7) is 5.40. The molecule has 1 aromatic rings. The summed E-state index contributed by atoms with van der Waals surface area (Å²) in [5, 5.41) is 14.1. The fourth-order valence-corrected chi connectivity index (χ4v) is 4.70. The Morgan fingerprint density at radius 1 is 1.26 bits per heavy atom. The smallest absolute Gasteiger partial charge is 0.289 e. The van der Waals surface area contributed by atoms with Gasteiger partial charge in [-0.05, 0) is 19.4 Å². The lowest BCUT2D eigenvalue weighted by molar-refractivity contribution is -0.387. The first-order valence-electron chi connectivity index (χ1n) is 9.01. The van der Waals surface area contributed by atoms with E-state index in [4.69, 9.17) is 0 Å². The van der Waals surface area contributed by atoms with Gasteiger partial charge in [-0.15, -0.1) is 0 Å².